The number of rotatable bonds is 2. The molecule has 2 heterocycles. The maximum atomic E-state index is 11.6. The average Bonchev–Trinajstić information content (AvgIpc) is 2.80. The largest absolute Gasteiger partial charge is 0.307 e. The Kier molecular flexibility index (Phi) is 3.38. The van der Waals surface area contributed by atoms with E-state index >= 15 is 0 Å². The van der Waals surface area contributed by atoms with Crippen LogP contribution in [0.1, 0.15) is 16.7 Å². The van der Waals surface area contributed by atoms with Gasteiger partial charge in [0, 0.05) is 19.4 Å². The number of nitrogens with zero attached hydrogens (tertiary/aromatic N) is 3. The molecular weight excluding hydrogens is 282 g/mol. The Labute approximate surface area is 125 Å². The normalized spacial score (nSPS) is 11.0. The highest BCUT2D eigenvalue weighted by molar-refractivity contribution is 7.16. The molecule has 0 atom stereocenters. The van der Waals surface area contributed by atoms with Crippen molar-refractivity contribution in [2.24, 2.45) is 7.05 Å². The number of aromatic nitrogens is 2. The van der Waals surface area contributed by atoms with Crippen LogP contribution in [0.3, 0.4) is 0 Å². The monoisotopic (exact) mass is 293 g/mol. The summed E-state index contributed by atoms with van der Waals surface area (Å²) < 4.78 is 2.60. The number of benzene rings is 1. The molecule has 21 heavy (non-hydrogen) atoms. The molecule has 1 aromatic carbocycles. The third kappa shape index (κ3) is 2.49. The molecule has 0 aliphatic rings. The highest BCUT2D eigenvalue weighted by atomic mass is 32.1. The second kappa shape index (κ2) is 5.35. The lowest BCUT2D eigenvalue weighted by Crippen LogP contribution is -2.06. The summed E-state index contributed by atoms with van der Waals surface area (Å²) in [5.74, 6) is 0. The topological polar surface area (TPSA) is 58.7 Å². The minimum atomic E-state index is 0.0343. The third-order valence-electron chi connectivity index (χ3n) is 3.25. The summed E-state index contributed by atoms with van der Waals surface area (Å²) in [4.78, 5) is 15.6. The van der Waals surface area contributed by atoms with Crippen molar-refractivity contribution in [3.63, 3.8) is 0 Å². The van der Waals surface area contributed by atoms with Crippen molar-refractivity contribution in [1.82, 2.24) is 9.55 Å². The first kappa shape index (κ1) is 13.3. The maximum absolute atomic E-state index is 11.6. The number of nitriles is 1. The summed E-state index contributed by atoms with van der Waals surface area (Å²) in [7, 11) is 1.77. The predicted octanol–water partition coefficient (Wildman–Crippen LogP) is 3.04. The van der Waals surface area contributed by atoms with E-state index in [9.17, 15) is 4.79 Å². The Hall–Kier alpha value is -2.71. The van der Waals surface area contributed by atoms with Gasteiger partial charge >= 0.3 is 4.87 Å². The van der Waals surface area contributed by atoms with E-state index in [1.807, 2.05) is 30.4 Å². The van der Waals surface area contributed by atoms with E-state index in [2.05, 4.69) is 11.1 Å². The fourth-order valence-electron chi connectivity index (χ4n) is 2.08. The Morgan fingerprint density at radius 3 is 3.00 bits per heavy atom. The van der Waals surface area contributed by atoms with E-state index in [0.717, 1.165) is 21.3 Å². The van der Waals surface area contributed by atoms with Crippen LogP contribution in [-0.4, -0.2) is 9.55 Å². The first-order valence-corrected chi connectivity index (χ1v) is 7.12. The molecule has 0 saturated carbocycles. The Bertz CT molecular complexity index is 944. The summed E-state index contributed by atoms with van der Waals surface area (Å²) in [6.45, 7) is 0. The standard InChI is InChI=1S/C16H11N3OS/c1-19-14-5-3-11(8-15(14)21-16(19)20)2-4-12-6-7-18-10-13(12)9-17/h2-8,10H,1H3/b4-2+. The third-order valence-corrected chi connectivity index (χ3v) is 4.24. The number of thiazole rings is 1. The first-order valence-electron chi connectivity index (χ1n) is 6.31. The SMILES string of the molecule is Cn1c(=O)sc2cc(/C=C/c3ccncc3C#N)ccc21. The molecule has 0 aliphatic carbocycles. The highest BCUT2D eigenvalue weighted by Gasteiger charge is 2.03. The zero-order valence-corrected chi connectivity index (χ0v) is 12.1. The molecule has 0 spiro atoms. The van der Waals surface area contributed by atoms with Gasteiger partial charge in [0.25, 0.3) is 0 Å². The quantitative estimate of drug-likeness (QED) is 0.729. The molecule has 2 aromatic heterocycles. The van der Waals surface area contributed by atoms with Crippen LogP contribution in [0.2, 0.25) is 0 Å². The van der Waals surface area contributed by atoms with Crippen molar-refractivity contribution in [3.8, 4) is 6.07 Å². The molecule has 3 rings (SSSR count). The van der Waals surface area contributed by atoms with Crippen LogP contribution in [0, 0.1) is 11.3 Å². The Morgan fingerprint density at radius 1 is 1.33 bits per heavy atom. The molecule has 102 valence electrons. The van der Waals surface area contributed by atoms with Crippen molar-refractivity contribution in [3.05, 3.63) is 63.0 Å². The number of pyridine rings is 1. The van der Waals surface area contributed by atoms with Crippen molar-refractivity contribution in [1.29, 1.82) is 5.26 Å². The van der Waals surface area contributed by atoms with Gasteiger partial charge in [-0.25, -0.2) is 0 Å². The first-order chi connectivity index (χ1) is 10.2. The van der Waals surface area contributed by atoms with Crippen LogP contribution in [0.5, 0.6) is 0 Å². The minimum Gasteiger partial charge on any atom is -0.302 e. The Balaban J connectivity index is 2.00. The molecule has 0 saturated heterocycles. The molecule has 3 aromatic rings. The fourth-order valence-corrected chi connectivity index (χ4v) is 3.01. The summed E-state index contributed by atoms with van der Waals surface area (Å²) in [6.07, 6.45) is 7.02. The van der Waals surface area contributed by atoms with Crippen LogP contribution in [0.4, 0.5) is 0 Å². The van der Waals surface area contributed by atoms with Crippen molar-refractivity contribution in [2.75, 3.05) is 0 Å². The van der Waals surface area contributed by atoms with E-state index < -0.39 is 0 Å². The molecule has 5 heteroatoms. The zero-order valence-electron chi connectivity index (χ0n) is 11.3. The van der Waals surface area contributed by atoms with Gasteiger partial charge in [0.15, 0.2) is 0 Å². The molecule has 0 N–H and O–H groups in total. The minimum absolute atomic E-state index is 0.0343. The van der Waals surface area contributed by atoms with Crippen molar-refractivity contribution >= 4 is 33.7 Å². The molecule has 4 nitrogen and oxygen atoms in total. The van der Waals surface area contributed by atoms with Gasteiger partial charge in [0.05, 0.1) is 15.8 Å². The van der Waals surface area contributed by atoms with E-state index in [1.165, 1.54) is 11.3 Å². The fraction of sp³-hybridized carbons (Fsp3) is 0.0625. The average molecular weight is 293 g/mol. The van der Waals surface area contributed by atoms with Gasteiger partial charge in [-0.2, -0.15) is 5.26 Å². The van der Waals surface area contributed by atoms with Crippen molar-refractivity contribution in [2.45, 2.75) is 0 Å². The summed E-state index contributed by atoms with van der Waals surface area (Å²) in [5.41, 5.74) is 3.29. The smallest absolute Gasteiger partial charge is 0.302 e. The second-order valence-electron chi connectivity index (χ2n) is 4.56. The molecule has 0 unspecified atom stereocenters. The van der Waals surface area contributed by atoms with E-state index in [1.54, 1.807) is 30.1 Å². The molecule has 0 bridgehead atoms. The lowest BCUT2D eigenvalue weighted by atomic mass is 10.1. The van der Waals surface area contributed by atoms with Crippen LogP contribution >= 0.6 is 11.3 Å². The summed E-state index contributed by atoms with van der Waals surface area (Å²) >= 11 is 1.23. The van der Waals surface area contributed by atoms with Crippen LogP contribution in [-0.2, 0) is 7.05 Å². The highest BCUT2D eigenvalue weighted by Crippen LogP contribution is 2.20. The van der Waals surface area contributed by atoms with Gasteiger partial charge in [0.1, 0.15) is 6.07 Å². The summed E-state index contributed by atoms with van der Waals surface area (Å²) in [5, 5.41) is 9.03. The molecule has 0 radical (unpaired) electrons. The van der Waals surface area contributed by atoms with Gasteiger partial charge < -0.3 is 4.57 Å². The van der Waals surface area contributed by atoms with Crippen LogP contribution in [0.25, 0.3) is 22.4 Å². The van der Waals surface area contributed by atoms with Gasteiger partial charge in [-0.1, -0.05) is 29.6 Å². The lowest BCUT2D eigenvalue weighted by Gasteiger charge is -1.98. The molecule has 0 aliphatic heterocycles. The summed E-state index contributed by atoms with van der Waals surface area (Å²) in [6, 6.07) is 9.79. The lowest BCUT2D eigenvalue weighted by molar-refractivity contribution is 0.939. The number of hydrogen-bond donors (Lipinski definition) is 0. The maximum Gasteiger partial charge on any atom is 0.307 e. The second-order valence-corrected chi connectivity index (χ2v) is 5.56. The van der Waals surface area contributed by atoms with Crippen LogP contribution < -0.4 is 4.87 Å². The van der Waals surface area contributed by atoms with Gasteiger partial charge in [0.2, 0.25) is 0 Å². The number of hydrogen-bond acceptors (Lipinski definition) is 4. The molecule has 0 amide bonds. The molecular formula is C16H11N3OS. The molecule has 0 fully saturated rings. The predicted molar refractivity (Wildman–Crippen MR) is 84.9 cm³/mol. The van der Waals surface area contributed by atoms with Crippen molar-refractivity contribution < 1.29 is 0 Å². The van der Waals surface area contributed by atoms with E-state index in [-0.39, 0.29) is 4.87 Å². The number of fused-ring (bicyclic) bond motifs is 1. The van der Waals surface area contributed by atoms with Crippen LogP contribution in [0.15, 0.2) is 41.5 Å². The number of aryl methyl sites for hydroxylation is 1. The van der Waals surface area contributed by atoms with Gasteiger partial charge in [-0.3, -0.25) is 9.78 Å². The van der Waals surface area contributed by atoms with E-state index in [4.69, 9.17) is 5.26 Å². The zero-order chi connectivity index (χ0) is 14.8. The van der Waals surface area contributed by atoms with Gasteiger partial charge in [-0.15, -0.1) is 0 Å². The Morgan fingerprint density at radius 2 is 2.19 bits per heavy atom. The van der Waals surface area contributed by atoms with E-state index in [0.29, 0.717) is 5.56 Å². The van der Waals surface area contributed by atoms with Gasteiger partial charge in [-0.05, 0) is 29.3 Å².